The Balaban J connectivity index is 1.68. The van der Waals surface area contributed by atoms with E-state index in [1.54, 1.807) is 30.3 Å². The van der Waals surface area contributed by atoms with Gasteiger partial charge in [-0.05, 0) is 35.4 Å². The second kappa shape index (κ2) is 9.05. The smallest absolute Gasteiger partial charge is 0.329 e. The molecule has 0 aliphatic heterocycles. The van der Waals surface area contributed by atoms with Crippen molar-refractivity contribution >= 4 is 23.5 Å². The van der Waals surface area contributed by atoms with Gasteiger partial charge in [-0.25, -0.2) is 4.79 Å². The molecule has 27 heavy (non-hydrogen) atoms. The number of nitrogens with one attached hydrogen (secondary N) is 1. The Morgan fingerprint density at radius 3 is 2.37 bits per heavy atom. The Labute approximate surface area is 161 Å². The summed E-state index contributed by atoms with van der Waals surface area (Å²) in [6.07, 6.45) is 1.71. The molecule has 1 N–H and O–H groups in total. The van der Waals surface area contributed by atoms with Crippen LogP contribution in [0.2, 0.25) is 5.02 Å². The fourth-order valence-corrected chi connectivity index (χ4v) is 2.64. The van der Waals surface area contributed by atoms with Crippen LogP contribution in [-0.2, 0) is 22.6 Å². The summed E-state index contributed by atoms with van der Waals surface area (Å²) in [5.74, 6) is -0.850. The number of ether oxygens (including phenoxy) is 1. The molecule has 1 heterocycles. The van der Waals surface area contributed by atoms with Crippen molar-refractivity contribution in [2.24, 2.45) is 0 Å². The van der Waals surface area contributed by atoms with Crippen LogP contribution in [0.5, 0.6) is 0 Å². The Morgan fingerprint density at radius 2 is 1.70 bits per heavy atom. The van der Waals surface area contributed by atoms with Gasteiger partial charge < -0.3 is 14.5 Å². The van der Waals surface area contributed by atoms with Gasteiger partial charge in [-0.2, -0.15) is 0 Å². The van der Waals surface area contributed by atoms with Crippen molar-refractivity contribution in [3.63, 3.8) is 0 Å². The van der Waals surface area contributed by atoms with E-state index in [1.165, 1.54) is 12.3 Å². The standard InChI is InChI=1S/C21H18ClNO4/c22-17-10-8-16(9-11-17)14-27-21(25)18(13-15-5-2-1-3-6-15)23-20(24)19-7-4-12-26-19/h1-12,18H,13-14H2,(H,23,24)/t18-/m0/s1. The van der Waals surface area contributed by atoms with E-state index in [-0.39, 0.29) is 12.4 Å². The van der Waals surface area contributed by atoms with Crippen LogP contribution in [0.3, 0.4) is 0 Å². The highest BCUT2D eigenvalue weighted by Crippen LogP contribution is 2.12. The average molecular weight is 384 g/mol. The van der Waals surface area contributed by atoms with Crippen LogP contribution >= 0.6 is 11.6 Å². The molecule has 3 aromatic rings. The lowest BCUT2D eigenvalue weighted by atomic mass is 10.1. The number of esters is 1. The Bertz CT molecular complexity index is 876. The zero-order chi connectivity index (χ0) is 19.1. The van der Waals surface area contributed by atoms with Crippen molar-refractivity contribution in [1.29, 1.82) is 0 Å². The van der Waals surface area contributed by atoms with E-state index in [9.17, 15) is 9.59 Å². The summed E-state index contributed by atoms with van der Waals surface area (Å²) < 4.78 is 10.5. The molecule has 0 radical (unpaired) electrons. The van der Waals surface area contributed by atoms with E-state index in [0.29, 0.717) is 11.4 Å². The average Bonchev–Trinajstić information content (AvgIpc) is 3.22. The number of halogens is 1. The number of amides is 1. The molecule has 5 nitrogen and oxygen atoms in total. The molecule has 0 fully saturated rings. The molecule has 3 rings (SSSR count). The van der Waals surface area contributed by atoms with Gasteiger partial charge in [-0.3, -0.25) is 4.79 Å². The third-order valence-corrected chi connectivity index (χ3v) is 4.16. The molecule has 6 heteroatoms. The largest absolute Gasteiger partial charge is 0.459 e. The lowest BCUT2D eigenvalue weighted by Gasteiger charge is -2.17. The highest BCUT2D eigenvalue weighted by atomic mass is 35.5. The number of hydrogen-bond donors (Lipinski definition) is 1. The van der Waals surface area contributed by atoms with Crippen LogP contribution in [0.25, 0.3) is 0 Å². The van der Waals surface area contributed by atoms with Crippen LogP contribution < -0.4 is 5.32 Å². The molecule has 0 spiro atoms. The van der Waals surface area contributed by atoms with Crippen LogP contribution in [0, 0.1) is 0 Å². The van der Waals surface area contributed by atoms with Crippen molar-refractivity contribution in [2.45, 2.75) is 19.1 Å². The van der Waals surface area contributed by atoms with Gasteiger partial charge in [0, 0.05) is 11.4 Å². The monoisotopic (exact) mass is 383 g/mol. The van der Waals surface area contributed by atoms with Crippen molar-refractivity contribution in [3.05, 3.63) is 94.9 Å². The lowest BCUT2D eigenvalue weighted by molar-refractivity contribution is -0.147. The maximum Gasteiger partial charge on any atom is 0.329 e. The highest BCUT2D eigenvalue weighted by molar-refractivity contribution is 6.30. The van der Waals surface area contributed by atoms with Crippen LogP contribution in [0.1, 0.15) is 21.7 Å². The molecule has 1 amide bonds. The zero-order valence-electron chi connectivity index (χ0n) is 14.4. The van der Waals surface area contributed by atoms with Gasteiger partial charge in [0.25, 0.3) is 5.91 Å². The molecule has 0 unspecified atom stereocenters. The van der Waals surface area contributed by atoms with E-state index in [4.69, 9.17) is 20.8 Å². The first kappa shape index (κ1) is 18.7. The van der Waals surface area contributed by atoms with Crippen molar-refractivity contribution in [3.8, 4) is 0 Å². The number of carbonyl (C=O) groups is 2. The molecule has 2 aromatic carbocycles. The summed E-state index contributed by atoms with van der Waals surface area (Å²) in [6, 6.07) is 18.7. The molecule has 1 aromatic heterocycles. The molecule has 0 bridgehead atoms. The fourth-order valence-electron chi connectivity index (χ4n) is 2.52. The predicted octanol–water partition coefficient (Wildman–Crippen LogP) is 4.02. The number of rotatable bonds is 7. The molecule has 1 atom stereocenters. The minimum atomic E-state index is -0.836. The predicted molar refractivity (Wildman–Crippen MR) is 101 cm³/mol. The third kappa shape index (κ3) is 5.46. The maximum absolute atomic E-state index is 12.6. The molecule has 0 saturated heterocycles. The van der Waals surface area contributed by atoms with Gasteiger partial charge in [0.2, 0.25) is 0 Å². The molecule has 0 saturated carbocycles. The number of furan rings is 1. The first-order valence-corrected chi connectivity index (χ1v) is 8.79. The van der Waals surface area contributed by atoms with Crippen LogP contribution in [-0.4, -0.2) is 17.9 Å². The highest BCUT2D eigenvalue weighted by Gasteiger charge is 2.24. The summed E-state index contributed by atoms with van der Waals surface area (Å²) in [6.45, 7) is 0.0952. The van der Waals surface area contributed by atoms with Crippen molar-refractivity contribution in [2.75, 3.05) is 0 Å². The van der Waals surface area contributed by atoms with Gasteiger partial charge in [0.1, 0.15) is 12.6 Å². The quantitative estimate of drug-likeness (QED) is 0.626. The van der Waals surface area contributed by atoms with Gasteiger partial charge in [0.05, 0.1) is 6.26 Å². The van der Waals surface area contributed by atoms with Gasteiger partial charge in [-0.15, -0.1) is 0 Å². The normalized spacial score (nSPS) is 11.6. The number of benzene rings is 2. The Hall–Kier alpha value is -3.05. The summed E-state index contributed by atoms with van der Waals surface area (Å²) in [5.41, 5.74) is 1.72. The van der Waals surface area contributed by atoms with Crippen molar-refractivity contribution < 1.29 is 18.7 Å². The van der Waals surface area contributed by atoms with Crippen LogP contribution in [0.4, 0.5) is 0 Å². The first-order chi connectivity index (χ1) is 13.1. The van der Waals surface area contributed by atoms with E-state index < -0.39 is 17.9 Å². The summed E-state index contributed by atoms with van der Waals surface area (Å²) >= 11 is 5.86. The molecule has 138 valence electrons. The third-order valence-electron chi connectivity index (χ3n) is 3.91. The maximum atomic E-state index is 12.6. The van der Waals surface area contributed by atoms with E-state index in [1.807, 2.05) is 30.3 Å². The fraction of sp³-hybridized carbons (Fsp3) is 0.143. The SMILES string of the molecule is O=C(N[C@@H](Cc1ccccc1)C(=O)OCc1ccc(Cl)cc1)c1ccco1. The second-order valence-corrected chi connectivity index (χ2v) is 6.36. The van der Waals surface area contributed by atoms with Crippen molar-refractivity contribution in [1.82, 2.24) is 5.32 Å². The van der Waals surface area contributed by atoms with Crippen LogP contribution in [0.15, 0.2) is 77.4 Å². The van der Waals surface area contributed by atoms with E-state index in [2.05, 4.69) is 5.32 Å². The zero-order valence-corrected chi connectivity index (χ0v) is 15.2. The van der Waals surface area contributed by atoms with E-state index >= 15 is 0 Å². The molecular weight excluding hydrogens is 366 g/mol. The summed E-state index contributed by atoms with van der Waals surface area (Å²) in [7, 11) is 0. The lowest BCUT2D eigenvalue weighted by Crippen LogP contribution is -2.43. The summed E-state index contributed by atoms with van der Waals surface area (Å²) in [5, 5.41) is 3.29. The Kier molecular flexibility index (Phi) is 6.28. The molecule has 0 aliphatic rings. The molecule has 0 aliphatic carbocycles. The van der Waals surface area contributed by atoms with E-state index in [0.717, 1.165) is 11.1 Å². The topological polar surface area (TPSA) is 68.5 Å². The van der Waals surface area contributed by atoms with Gasteiger partial charge in [-0.1, -0.05) is 54.1 Å². The first-order valence-electron chi connectivity index (χ1n) is 8.41. The second-order valence-electron chi connectivity index (χ2n) is 5.93. The van der Waals surface area contributed by atoms with Gasteiger partial charge >= 0.3 is 5.97 Å². The minimum Gasteiger partial charge on any atom is -0.459 e. The summed E-state index contributed by atoms with van der Waals surface area (Å²) in [4.78, 5) is 24.9. The number of hydrogen-bond acceptors (Lipinski definition) is 4. The minimum absolute atomic E-state index is 0.0952. The Morgan fingerprint density at radius 1 is 0.963 bits per heavy atom. The van der Waals surface area contributed by atoms with Gasteiger partial charge in [0.15, 0.2) is 5.76 Å². The number of carbonyl (C=O) groups excluding carboxylic acids is 2. The molecular formula is C21H18ClNO4.